The number of amides is 2. The first-order valence-corrected chi connectivity index (χ1v) is 6.74. The van der Waals surface area contributed by atoms with Crippen LogP contribution in [-0.2, 0) is 19.2 Å². The second-order valence-electron chi connectivity index (χ2n) is 4.36. The van der Waals surface area contributed by atoms with Gasteiger partial charge in [-0.05, 0) is 19.8 Å². The van der Waals surface area contributed by atoms with Gasteiger partial charge in [0.25, 0.3) is 0 Å². The van der Waals surface area contributed by atoms with E-state index in [-0.39, 0.29) is 37.7 Å². The zero-order valence-electron chi connectivity index (χ0n) is 12.2. The highest BCUT2D eigenvalue weighted by Crippen LogP contribution is 2.10. The standard InChI is InChI=1S/C12H24N4O5/c1-9(17)2-3-10(21-12(19)15-7-6-13)4-5-11(18)16-20-8-14/h10H,2-8,13-14H2,1H3,(H,15,19)(H,16,18). The van der Waals surface area contributed by atoms with Crippen LogP contribution in [0, 0.1) is 0 Å². The molecule has 2 amide bonds. The fourth-order valence-electron chi connectivity index (χ4n) is 1.46. The topological polar surface area (TPSA) is 146 Å². The van der Waals surface area contributed by atoms with E-state index in [1.54, 1.807) is 0 Å². The molecule has 0 bridgehead atoms. The molecular weight excluding hydrogens is 280 g/mol. The summed E-state index contributed by atoms with van der Waals surface area (Å²) in [6.45, 7) is 1.92. The van der Waals surface area contributed by atoms with Crippen molar-refractivity contribution in [1.82, 2.24) is 10.8 Å². The van der Waals surface area contributed by atoms with Crippen molar-refractivity contribution in [2.24, 2.45) is 11.5 Å². The minimum absolute atomic E-state index is 0.0121. The molecule has 0 rings (SSSR count). The molecule has 6 N–H and O–H groups in total. The second kappa shape index (κ2) is 12.1. The average molecular weight is 304 g/mol. The first-order chi connectivity index (χ1) is 9.99. The van der Waals surface area contributed by atoms with Crippen LogP contribution in [0.4, 0.5) is 4.79 Å². The van der Waals surface area contributed by atoms with Gasteiger partial charge in [-0.3, -0.25) is 9.63 Å². The van der Waals surface area contributed by atoms with E-state index in [0.29, 0.717) is 19.5 Å². The molecule has 0 radical (unpaired) electrons. The van der Waals surface area contributed by atoms with E-state index in [9.17, 15) is 14.4 Å². The van der Waals surface area contributed by atoms with E-state index >= 15 is 0 Å². The number of nitrogens with two attached hydrogens (primary N) is 2. The second-order valence-corrected chi connectivity index (χ2v) is 4.36. The molecule has 0 aromatic carbocycles. The van der Waals surface area contributed by atoms with Gasteiger partial charge in [-0.15, -0.1) is 0 Å². The molecule has 1 unspecified atom stereocenters. The number of ketones is 1. The van der Waals surface area contributed by atoms with Gasteiger partial charge in [0.05, 0.1) is 0 Å². The van der Waals surface area contributed by atoms with Crippen LogP contribution in [0.25, 0.3) is 0 Å². The van der Waals surface area contributed by atoms with Crippen molar-refractivity contribution in [2.75, 3.05) is 19.8 Å². The SMILES string of the molecule is CC(=O)CCC(CCC(=O)NOCN)OC(=O)NCCN. The van der Waals surface area contributed by atoms with Crippen molar-refractivity contribution in [1.29, 1.82) is 0 Å². The number of alkyl carbamates (subject to hydrolysis) is 1. The van der Waals surface area contributed by atoms with Gasteiger partial charge in [0, 0.05) is 25.9 Å². The maximum atomic E-state index is 11.5. The summed E-state index contributed by atoms with van der Waals surface area (Å²) in [4.78, 5) is 38.4. The van der Waals surface area contributed by atoms with E-state index in [0.717, 1.165) is 0 Å². The van der Waals surface area contributed by atoms with Crippen LogP contribution in [0.2, 0.25) is 0 Å². The Hall–Kier alpha value is -1.71. The maximum Gasteiger partial charge on any atom is 0.407 e. The smallest absolute Gasteiger partial charge is 0.407 e. The zero-order chi connectivity index (χ0) is 16.1. The van der Waals surface area contributed by atoms with E-state index in [1.807, 2.05) is 0 Å². The molecular formula is C12H24N4O5. The quantitative estimate of drug-likeness (QED) is 0.287. The summed E-state index contributed by atoms with van der Waals surface area (Å²) in [6, 6.07) is 0. The molecule has 0 saturated heterocycles. The molecule has 0 heterocycles. The van der Waals surface area contributed by atoms with Crippen molar-refractivity contribution in [3.63, 3.8) is 0 Å². The van der Waals surface area contributed by atoms with Gasteiger partial charge in [0.15, 0.2) is 0 Å². The minimum Gasteiger partial charge on any atom is -0.446 e. The van der Waals surface area contributed by atoms with E-state index in [1.165, 1.54) is 6.92 Å². The van der Waals surface area contributed by atoms with Gasteiger partial charge in [-0.25, -0.2) is 10.3 Å². The Morgan fingerprint density at radius 2 is 1.81 bits per heavy atom. The van der Waals surface area contributed by atoms with Crippen LogP contribution in [-0.4, -0.2) is 43.7 Å². The molecule has 0 fully saturated rings. The van der Waals surface area contributed by atoms with Crippen LogP contribution in [0.1, 0.15) is 32.6 Å². The lowest BCUT2D eigenvalue weighted by Crippen LogP contribution is -2.33. The third-order valence-electron chi connectivity index (χ3n) is 2.47. The van der Waals surface area contributed by atoms with E-state index < -0.39 is 12.2 Å². The number of carbonyl (C=O) groups excluding carboxylic acids is 3. The van der Waals surface area contributed by atoms with Crippen LogP contribution < -0.4 is 22.3 Å². The lowest BCUT2D eigenvalue weighted by atomic mass is 10.1. The van der Waals surface area contributed by atoms with Crippen molar-refractivity contribution in [3.05, 3.63) is 0 Å². The largest absolute Gasteiger partial charge is 0.446 e. The number of hydrogen-bond acceptors (Lipinski definition) is 7. The zero-order valence-corrected chi connectivity index (χ0v) is 12.2. The number of ether oxygens (including phenoxy) is 1. The van der Waals surface area contributed by atoms with Gasteiger partial charge >= 0.3 is 6.09 Å². The number of nitrogens with one attached hydrogen (secondary N) is 2. The minimum atomic E-state index is -0.618. The van der Waals surface area contributed by atoms with E-state index in [2.05, 4.69) is 15.6 Å². The molecule has 0 spiro atoms. The fraction of sp³-hybridized carbons (Fsp3) is 0.750. The Morgan fingerprint density at radius 1 is 1.14 bits per heavy atom. The normalized spacial score (nSPS) is 11.6. The summed E-state index contributed by atoms with van der Waals surface area (Å²) in [5.74, 6) is -0.388. The molecule has 1 atom stereocenters. The molecule has 9 nitrogen and oxygen atoms in total. The number of carbonyl (C=O) groups is 3. The molecule has 0 saturated carbocycles. The first kappa shape index (κ1) is 19.3. The highest BCUT2D eigenvalue weighted by atomic mass is 16.7. The Balaban J connectivity index is 4.21. The first-order valence-electron chi connectivity index (χ1n) is 6.74. The van der Waals surface area contributed by atoms with Crippen molar-refractivity contribution >= 4 is 17.8 Å². The predicted octanol–water partition coefficient (Wildman–Crippen LogP) is -0.847. The van der Waals surface area contributed by atoms with Gasteiger partial charge in [-0.1, -0.05) is 0 Å². The lowest BCUT2D eigenvalue weighted by Gasteiger charge is -2.17. The Kier molecular flexibility index (Phi) is 11.1. The number of Topliss-reactive ketones (excluding diaryl/α,β-unsaturated/α-hetero) is 1. The van der Waals surface area contributed by atoms with Crippen LogP contribution >= 0.6 is 0 Å². The van der Waals surface area contributed by atoms with Gasteiger partial charge in [0.2, 0.25) is 5.91 Å². The lowest BCUT2D eigenvalue weighted by molar-refractivity contribution is -0.134. The van der Waals surface area contributed by atoms with Crippen molar-refractivity contribution in [2.45, 2.75) is 38.7 Å². The summed E-state index contributed by atoms with van der Waals surface area (Å²) in [6.07, 6.45) is -0.148. The molecule has 0 aliphatic heterocycles. The van der Waals surface area contributed by atoms with E-state index in [4.69, 9.17) is 16.2 Å². The summed E-state index contributed by atoms with van der Waals surface area (Å²) in [5.41, 5.74) is 12.5. The average Bonchev–Trinajstić information content (AvgIpc) is 2.45. The number of hydrogen-bond donors (Lipinski definition) is 4. The summed E-state index contributed by atoms with van der Waals surface area (Å²) in [7, 11) is 0. The Morgan fingerprint density at radius 3 is 2.38 bits per heavy atom. The Bertz CT molecular complexity index is 338. The molecule has 21 heavy (non-hydrogen) atoms. The highest BCUT2D eigenvalue weighted by molar-refractivity contribution is 5.76. The maximum absolute atomic E-state index is 11.5. The third-order valence-corrected chi connectivity index (χ3v) is 2.47. The monoisotopic (exact) mass is 304 g/mol. The summed E-state index contributed by atoms with van der Waals surface area (Å²) in [5, 5.41) is 2.46. The fourth-order valence-corrected chi connectivity index (χ4v) is 1.46. The van der Waals surface area contributed by atoms with Crippen molar-refractivity contribution < 1.29 is 24.0 Å². The molecule has 0 aromatic rings. The number of rotatable bonds is 11. The van der Waals surface area contributed by atoms with Crippen LogP contribution in [0.15, 0.2) is 0 Å². The predicted molar refractivity (Wildman–Crippen MR) is 74.8 cm³/mol. The molecule has 122 valence electrons. The molecule has 0 aromatic heterocycles. The van der Waals surface area contributed by atoms with Crippen LogP contribution in [0.5, 0.6) is 0 Å². The molecule has 9 heteroatoms. The number of hydroxylamine groups is 1. The summed E-state index contributed by atoms with van der Waals surface area (Å²) < 4.78 is 5.15. The molecule has 0 aliphatic rings. The van der Waals surface area contributed by atoms with Gasteiger partial charge < -0.3 is 26.3 Å². The van der Waals surface area contributed by atoms with Crippen molar-refractivity contribution in [3.8, 4) is 0 Å². The third kappa shape index (κ3) is 11.8. The molecule has 0 aliphatic carbocycles. The highest BCUT2D eigenvalue weighted by Gasteiger charge is 2.16. The Labute approximate surface area is 123 Å². The van der Waals surface area contributed by atoms with Crippen LogP contribution in [0.3, 0.4) is 0 Å². The van der Waals surface area contributed by atoms with Gasteiger partial charge in [0.1, 0.15) is 18.6 Å². The van der Waals surface area contributed by atoms with Gasteiger partial charge in [-0.2, -0.15) is 0 Å². The summed E-state index contributed by atoms with van der Waals surface area (Å²) >= 11 is 0.